The van der Waals surface area contributed by atoms with Crippen molar-refractivity contribution < 1.29 is 41.0 Å². The van der Waals surface area contributed by atoms with Gasteiger partial charge in [-0.2, -0.15) is 26.3 Å². The molecule has 2 atom stereocenters. The molecule has 0 amide bonds. The molecule has 6 nitrogen and oxygen atoms in total. The van der Waals surface area contributed by atoms with Gasteiger partial charge >= 0.3 is 18.3 Å². The number of ether oxygens (including phenoxy) is 1. The Labute approximate surface area is 173 Å². The van der Waals surface area contributed by atoms with E-state index < -0.39 is 36.2 Å². The number of benzene rings is 1. The van der Waals surface area contributed by atoms with Crippen LogP contribution in [-0.2, 0) is 15.7 Å². The van der Waals surface area contributed by atoms with Crippen molar-refractivity contribution in [1.82, 2.24) is 9.97 Å². The fourth-order valence-corrected chi connectivity index (χ4v) is 3.00. The van der Waals surface area contributed by atoms with Crippen LogP contribution in [0.3, 0.4) is 0 Å². The third-order valence-corrected chi connectivity index (χ3v) is 4.46. The van der Waals surface area contributed by atoms with Crippen LogP contribution in [0.4, 0.5) is 37.7 Å². The van der Waals surface area contributed by atoms with Crippen LogP contribution in [0.1, 0.15) is 48.7 Å². The number of carboxylic acid groups (broad SMARTS) is 1. The molecule has 170 valence electrons. The number of aliphatic carboxylic acids is 1. The summed E-state index contributed by atoms with van der Waals surface area (Å²) in [6.45, 7) is 1.73. The van der Waals surface area contributed by atoms with Crippen molar-refractivity contribution in [2.24, 2.45) is 0 Å². The molecule has 2 N–H and O–H groups in total. The molecule has 31 heavy (non-hydrogen) atoms. The molecule has 0 saturated heterocycles. The fourth-order valence-electron chi connectivity index (χ4n) is 3.00. The number of halogens is 6. The average molecular weight is 451 g/mol. The minimum absolute atomic E-state index is 0.0882. The van der Waals surface area contributed by atoms with E-state index in [0.717, 1.165) is 25.6 Å². The van der Waals surface area contributed by atoms with Crippen LogP contribution < -0.4 is 5.32 Å². The molecule has 1 aromatic heterocycles. The number of nitrogens with one attached hydrogen (secondary N) is 1. The molecular formula is C19H19F6N3O3. The summed E-state index contributed by atoms with van der Waals surface area (Å²) in [7, 11) is 0.871. The summed E-state index contributed by atoms with van der Waals surface area (Å²) in [6.07, 6.45) is -10.1. The summed E-state index contributed by atoms with van der Waals surface area (Å²) in [6, 6.07) is 3.84. The van der Waals surface area contributed by atoms with Crippen molar-refractivity contribution >= 4 is 17.3 Å². The first-order valence-electron chi connectivity index (χ1n) is 8.98. The van der Waals surface area contributed by atoms with Gasteiger partial charge in [0.05, 0.1) is 24.5 Å². The molecule has 1 aromatic carbocycles. The predicted octanol–water partition coefficient (Wildman–Crippen LogP) is 5.46. The number of rotatable bonds is 8. The van der Waals surface area contributed by atoms with Crippen molar-refractivity contribution in [2.75, 3.05) is 12.4 Å². The maximum absolute atomic E-state index is 13.4. The Morgan fingerprint density at radius 3 is 2.23 bits per heavy atom. The first-order chi connectivity index (χ1) is 14.4. The fraction of sp³-hybridized carbons (Fsp3) is 0.421. The molecular weight excluding hydrogens is 432 g/mol. The summed E-state index contributed by atoms with van der Waals surface area (Å²) >= 11 is 0. The predicted molar refractivity (Wildman–Crippen MR) is 97.8 cm³/mol. The van der Waals surface area contributed by atoms with Crippen molar-refractivity contribution in [3.63, 3.8) is 0 Å². The van der Waals surface area contributed by atoms with Gasteiger partial charge in [0.1, 0.15) is 0 Å². The summed E-state index contributed by atoms with van der Waals surface area (Å²) in [5.41, 5.74) is -0.0894. The second kappa shape index (κ2) is 9.50. The zero-order chi connectivity index (χ0) is 23.4. The first-order valence-corrected chi connectivity index (χ1v) is 8.98. The normalized spacial score (nSPS) is 14.2. The van der Waals surface area contributed by atoms with E-state index in [1.54, 1.807) is 6.92 Å². The molecule has 2 aromatic rings. The minimum Gasteiger partial charge on any atom is -0.481 e. The van der Waals surface area contributed by atoms with Gasteiger partial charge in [-0.25, -0.2) is 9.97 Å². The van der Waals surface area contributed by atoms with Crippen LogP contribution in [0.25, 0.3) is 0 Å². The Bertz CT molecular complexity index is 900. The Balaban J connectivity index is 2.51. The summed E-state index contributed by atoms with van der Waals surface area (Å²) in [5, 5.41) is 11.7. The van der Waals surface area contributed by atoms with E-state index in [1.165, 1.54) is 12.1 Å². The van der Waals surface area contributed by atoms with E-state index in [9.17, 15) is 31.1 Å². The van der Waals surface area contributed by atoms with E-state index in [0.29, 0.717) is 12.0 Å². The van der Waals surface area contributed by atoms with Crippen LogP contribution >= 0.6 is 0 Å². The topological polar surface area (TPSA) is 84.3 Å². The largest absolute Gasteiger partial charge is 0.481 e. The van der Waals surface area contributed by atoms with Gasteiger partial charge in [-0.05, 0) is 24.0 Å². The highest BCUT2D eigenvalue weighted by Crippen LogP contribution is 2.41. The number of aromatic nitrogens is 2. The number of carboxylic acids is 1. The lowest BCUT2D eigenvalue weighted by molar-refractivity contribution is -0.215. The molecule has 0 aliphatic rings. The SMILES string of the molecule is CC[C@H](CC(=O)O)c1ccc([C@H](OC)C(F)(F)F)c(Nc2cnc(C(F)(F)F)nc2)c1. The number of hydrogen-bond donors (Lipinski definition) is 2. The quantitative estimate of drug-likeness (QED) is 0.519. The van der Waals surface area contributed by atoms with Crippen LogP contribution in [0.15, 0.2) is 30.6 Å². The molecule has 2 rings (SSSR count). The van der Waals surface area contributed by atoms with Gasteiger partial charge in [-0.15, -0.1) is 0 Å². The van der Waals surface area contributed by atoms with Crippen molar-refractivity contribution in [3.05, 3.63) is 47.5 Å². The van der Waals surface area contributed by atoms with Crippen molar-refractivity contribution in [2.45, 2.75) is 44.1 Å². The van der Waals surface area contributed by atoms with Crippen LogP contribution in [0, 0.1) is 0 Å². The molecule has 0 saturated carbocycles. The smallest absolute Gasteiger partial charge is 0.451 e. The molecule has 0 radical (unpaired) electrons. The number of nitrogens with zero attached hydrogens (tertiary/aromatic N) is 2. The van der Waals surface area contributed by atoms with Gasteiger partial charge in [0.2, 0.25) is 5.82 Å². The highest BCUT2D eigenvalue weighted by Gasteiger charge is 2.42. The number of hydrogen-bond acceptors (Lipinski definition) is 5. The number of alkyl halides is 6. The molecule has 0 unspecified atom stereocenters. The number of methoxy groups -OCH3 is 1. The van der Waals surface area contributed by atoms with Gasteiger partial charge in [0.15, 0.2) is 6.10 Å². The Kier molecular flexibility index (Phi) is 7.47. The standard InChI is InChI=1S/C19H19F6N3O3/c1-3-10(7-15(29)30)11-4-5-13(16(31-2)18(20,21)22)14(6-11)28-12-8-26-17(27-9-12)19(23,24)25/h4-6,8-10,16,28H,3,7H2,1-2H3,(H,29,30)/t10-,16+/m1/s1. The van der Waals surface area contributed by atoms with E-state index in [4.69, 9.17) is 5.11 Å². The van der Waals surface area contributed by atoms with Gasteiger partial charge < -0.3 is 15.2 Å². The molecule has 0 spiro atoms. The second-order valence-electron chi connectivity index (χ2n) is 6.63. The van der Waals surface area contributed by atoms with E-state index in [2.05, 4.69) is 20.0 Å². The first kappa shape index (κ1) is 24.4. The van der Waals surface area contributed by atoms with Crippen molar-refractivity contribution in [1.29, 1.82) is 0 Å². The number of carbonyl (C=O) groups is 1. The van der Waals surface area contributed by atoms with Crippen molar-refractivity contribution in [3.8, 4) is 0 Å². The van der Waals surface area contributed by atoms with Gasteiger partial charge in [0.25, 0.3) is 0 Å². The van der Waals surface area contributed by atoms with Gasteiger partial charge in [-0.1, -0.05) is 19.1 Å². The molecule has 12 heteroatoms. The third kappa shape index (κ3) is 6.29. The molecule has 0 aliphatic carbocycles. The highest BCUT2D eigenvalue weighted by molar-refractivity contribution is 5.69. The van der Waals surface area contributed by atoms with Crippen LogP contribution in [0.2, 0.25) is 0 Å². The van der Waals surface area contributed by atoms with Crippen LogP contribution in [0.5, 0.6) is 0 Å². The highest BCUT2D eigenvalue weighted by atomic mass is 19.4. The summed E-state index contributed by atoms with van der Waals surface area (Å²) in [5.74, 6) is -2.96. The summed E-state index contributed by atoms with van der Waals surface area (Å²) < 4.78 is 82.8. The molecule has 1 heterocycles. The van der Waals surface area contributed by atoms with Gasteiger partial charge in [0, 0.05) is 18.4 Å². The lowest BCUT2D eigenvalue weighted by Crippen LogP contribution is -2.23. The monoisotopic (exact) mass is 451 g/mol. The molecule has 0 fully saturated rings. The lowest BCUT2D eigenvalue weighted by Gasteiger charge is -2.24. The van der Waals surface area contributed by atoms with Gasteiger partial charge in [-0.3, -0.25) is 4.79 Å². The molecule has 0 aliphatic heterocycles. The second-order valence-corrected chi connectivity index (χ2v) is 6.63. The molecule has 0 bridgehead atoms. The summed E-state index contributed by atoms with van der Waals surface area (Å²) in [4.78, 5) is 17.4. The Morgan fingerprint density at radius 1 is 1.16 bits per heavy atom. The zero-order valence-corrected chi connectivity index (χ0v) is 16.4. The third-order valence-electron chi connectivity index (χ3n) is 4.46. The maximum Gasteiger partial charge on any atom is 0.451 e. The minimum atomic E-state index is -4.77. The number of anilines is 2. The van der Waals surface area contributed by atoms with E-state index >= 15 is 0 Å². The lowest BCUT2D eigenvalue weighted by atomic mass is 9.91. The van der Waals surface area contributed by atoms with E-state index in [1.807, 2.05) is 0 Å². The zero-order valence-electron chi connectivity index (χ0n) is 16.4. The Hall–Kier alpha value is -2.89. The van der Waals surface area contributed by atoms with E-state index in [-0.39, 0.29) is 23.4 Å². The Morgan fingerprint density at radius 2 is 1.77 bits per heavy atom. The van der Waals surface area contributed by atoms with Crippen LogP contribution in [-0.4, -0.2) is 34.3 Å². The average Bonchev–Trinajstić information content (AvgIpc) is 2.66. The maximum atomic E-state index is 13.4.